The molecule has 0 radical (unpaired) electrons. The highest BCUT2D eigenvalue weighted by Gasteiger charge is 2.22. The quantitative estimate of drug-likeness (QED) is 0.567. The summed E-state index contributed by atoms with van der Waals surface area (Å²) >= 11 is 0. The van der Waals surface area contributed by atoms with Crippen LogP contribution >= 0.6 is 0 Å². The minimum Gasteiger partial charge on any atom is -0.469 e. The molecule has 2 nitrogen and oxygen atoms in total. The third kappa shape index (κ3) is 5.12. The maximum Gasteiger partial charge on any atom is 0.309 e. The van der Waals surface area contributed by atoms with Crippen molar-refractivity contribution in [2.24, 2.45) is 11.8 Å². The highest BCUT2D eigenvalue weighted by atomic mass is 16.5. The minimum atomic E-state index is -0.150. The Balaban J connectivity index is 2.68. The van der Waals surface area contributed by atoms with Gasteiger partial charge in [0.15, 0.2) is 0 Å². The van der Waals surface area contributed by atoms with Crippen LogP contribution in [-0.4, -0.2) is 13.1 Å². The summed E-state index contributed by atoms with van der Waals surface area (Å²) < 4.78 is 4.88. The molecular weight excluding hydrogens is 236 g/mol. The largest absolute Gasteiger partial charge is 0.469 e. The van der Waals surface area contributed by atoms with Crippen molar-refractivity contribution in [2.45, 2.75) is 20.3 Å². The monoisotopic (exact) mass is 258 g/mol. The average Bonchev–Trinajstić information content (AvgIpc) is 2.44. The van der Waals surface area contributed by atoms with Gasteiger partial charge in [0.25, 0.3) is 0 Å². The Morgan fingerprint density at radius 1 is 1.32 bits per heavy atom. The molecule has 0 aliphatic heterocycles. The summed E-state index contributed by atoms with van der Waals surface area (Å²) in [6.45, 7) is 4.00. The molecule has 0 aliphatic rings. The molecule has 0 unspecified atom stereocenters. The van der Waals surface area contributed by atoms with Crippen molar-refractivity contribution in [1.29, 1.82) is 0 Å². The lowest BCUT2D eigenvalue weighted by Gasteiger charge is -2.17. The summed E-state index contributed by atoms with van der Waals surface area (Å²) in [6.07, 6.45) is 8.78. The molecule has 1 aromatic rings. The predicted octanol–water partition coefficient (Wildman–Crippen LogP) is 4.09. The predicted molar refractivity (Wildman–Crippen MR) is 79.6 cm³/mol. The topological polar surface area (TPSA) is 26.3 Å². The Morgan fingerprint density at radius 2 is 2.00 bits per heavy atom. The number of esters is 1. The van der Waals surface area contributed by atoms with Crippen molar-refractivity contribution >= 4 is 12.0 Å². The van der Waals surface area contributed by atoms with Crippen LogP contribution in [0.4, 0.5) is 0 Å². The molecular formula is C17H22O2. The van der Waals surface area contributed by atoms with E-state index in [9.17, 15) is 4.79 Å². The van der Waals surface area contributed by atoms with Crippen molar-refractivity contribution in [3.05, 3.63) is 54.1 Å². The molecule has 1 rings (SSSR count). The maximum absolute atomic E-state index is 11.8. The zero-order chi connectivity index (χ0) is 14.1. The molecule has 0 saturated heterocycles. The molecule has 0 bridgehead atoms. The first kappa shape index (κ1) is 15.2. The Labute approximate surface area is 115 Å². The van der Waals surface area contributed by atoms with Crippen LogP contribution in [0.3, 0.4) is 0 Å². The third-order valence-electron chi connectivity index (χ3n) is 3.13. The Morgan fingerprint density at radius 3 is 2.58 bits per heavy atom. The normalized spacial score (nSPS) is 14.7. The second kappa shape index (κ2) is 8.30. The number of allylic oxidation sites excluding steroid dienone is 3. The molecule has 102 valence electrons. The van der Waals surface area contributed by atoms with E-state index < -0.39 is 0 Å². The Bertz CT molecular complexity index is 432. The SMILES string of the molecule is C/C=C/[C@H](C)[C@H](C/C=C/c1ccccc1)C(=O)OC. The molecule has 0 fully saturated rings. The second-order valence-electron chi connectivity index (χ2n) is 4.56. The molecule has 19 heavy (non-hydrogen) atoms. The first-order valence-electron chi connectivity index (χ1n) is 6.61. The van der Waals surface area contributed by atoms with Gasteiger partial charge in [0.1, 0.15) is 0 Å². The number of carbonyl (C=O) groups excluding carboxylic acids is 1. The lowest BCUT2D eigenvalue weighted by Crippen LogP contribution is -2.21. The van der Waals surface area contributed by atoms with Crippen LogP contribution in [0.1, 0.15) is 25.8 Å². The van der Waals surface area contributed by atoms with Crippen LogP contribution in [-0.2, 0) is 9.53 Å². The first-order valence-corrected chi connectivity index (χ1v) is 6.61. The molecule has 0 aromatic heterocycles. The minimum absolute atomic E-state index is 0.124. The fourth-order valence-electron chi connectivity index (χ4n) is 2.03. The fraction of sp³-hybridized carbons (Fsp3) is 0.353. The number of benzene rings is 1. The standard InChI is InChI=1S/C17H22O2/c1-4-9-14(2)16(17(18)19-3)13-8-12-15-10-6-5-7-11-15/h4-12,14,16H,13H2,1-3H3/b9-4+,12-8+/t14-,16-/m0/s1. The molecule has 0 heterocycles. The van der Waals surface area contributed by atoms with Crippen LogP contribution in [0.25, 0.3) is 6.08 Å². The van der Waals surface area contributed by atoms with Crippen LogP contribution < -0.4 is 0 Å². The molecule has 1 aromatic carbocycles. The lowest BCUT2D eigenvalue weighted by molar-refractivity contribution is -0.146. The summed E-state index contributed by atoms with van der Waals surface area (Å²) in [5.41, 5.74) is 1.14. The smallest absolute Gasteiger partial charge is 0.309 e. The van der Waals surface area contributed by atoms with Gasteiger partial charge < -0.3 is 4.74 Å². The van der Waals surface area contributed by atoms with E-state index in [4.69, 9.17) is 4.74 Å². The number of carbonyl (C=O) groups is 1. The molecule has 0 amide bonds. The summed E-state index contributed by atoms with van der Waals surface area (Å²) in [5.74, 6) is -0.0950. The Kier molecular flexibility index (Phi) is 6.65. The van der Waals surface area contributed by atoms with Crippen molar-refractivity contribution in [3.63, 3.8) is 0 Å². The van der Waals surface area contributed by atoms with Gasteiger partial charge in [0.2, 0.25) is 0 Å². The van der Waals surface area contributed by atoms with Crippen molar-refractivity contribution < 1.29 is 9.53 Å². The van der Waals surface area contributed by atoms with Crippen LogP contribution in [0.2, 0.25) is 0 Å². The van der Waals surface area contributed by atoms with Crippen molar-refractivity contribution in [1.82, 2.24) is 0 Å². The van der Waals surface area contributed by atoms with E-state index in [1.54, 1.807) is 0 Å². The average molecular weight is 258 g/mol. The van der Waals surface area contributed by atoms with Crippen LogP contribution in [0.15, 0.2) is 48.6 Å². The van der Waals surface area contributed by atoms with E-state index in [0.29, 0.717) is 6.42 Å². The van der Waals surface area contributed by atoms with Crippen molar-refractivity contribution in [2.75, 3.05) is 7.11 Å². The van der Waals surface area contributed by atoms with E-state index in [-0.39, 0.29) is 17.8 Å². The highest BCUT2D eigenvalue weighted by Crippen LogP contribution is 2.20. The molecule has 0 spiro atoms. The van der Waals surface area contributed by atoms with E-state index in [1.807, 2.05) is 68.5 Å². The first-order chi connectivity index (χ1) is 9.19. The summed E-state index contributed by atoms with van der Waals surface area (Å²) in [4.78, 5) is 11.8. The summed E-state index contributed by atoms with van der Waals surface area (Å²) in [6, 6.07) is 10.1. The molecule has 0 saturated carbocycles. The number of ether oxygens (including phenoxy) is 1. The van der Waals surface area contributed by atoms with Gasteiger partial charge in [-0.15, -0.1) is 0 Å². The van der Waals surface area contributed by atoms with Crippen molar-refractivity contribution in [3.8, 4) is 0 Å². The molecule has 2 atom stereocenters. The van der Waals surface area contributed by atoms with Gasteiger partial charge in [0, 0.05) is 0 Å². The van der Waals surface area contributed by atoms with Gasteiger partial charge in [-0.2, -0.15) is 0 Å². The van der Waals surface area contributed by atoms with Crippen LogP contribution in [0, 0.1) is 11.8 Å². The van der Waals surface area contributed by atoms with Gasteiger partial charge in [-0.3, -0.25) is 4.79 Å². The van der Waals surface area contributed by atoms with Gasteiger partial charge in [0.05, 0.1) is 13.0 Å². The van der Waals surface area contributed by atoms with Gasteiger partial charge in [-0.1, -0.05) is 61.6 Å². The maximum atomic E-state index is 11.8. The van der Waals surface area contributed by atoms with E-state index in [2.05, 4.69) is 0 Å². The highest BCUT2D eigenvalue weighted by molar-refractivity contribution is 5.73. The summed E-state index contributed by atoms with van der Waals surface area (Å²) in [7, 11) is 1.44. The number of hydrogen-bond donors (Lipinski definition) is 0. The van der Waals surface area contributed by atoms with E-state index in [0.717, 1.165) is 5.56 Å². The fourth-order valence-corrected chi connectivity index (χ4v) is 2.03. The van der Waals surface area contributed by atoms with E-state index in [1.165, 1.54) is 7.11 Å². The zero-order valence-electron chi connectivity index (χ0n) is 11.9. The number of rotatable bonds is 6. The van der Waals surface area contributed by atoms with Gasteiger partial charge in [-0.05, 0) is 24.8 Å². The molecule has 2 heteroatoms. The molecule has 0 N–H and O–H groups in total. The molecule has 0 aliphatic carbocycles. The van der Waals surface area contributed by atoms with Crippen LogP contribution in [0.5, 0.6) is 0 Å². The van der Waals surface area contributed by atoms with Gasteiger partial charge in [-0.25, -0.2) is 0 Å². The lowest BCUT2D eigenvalue weighted by atomic mass is 9.90. The van der Waals surface area contributed by atoms with Gasteiger partial charge >= 0.3 is 5.97 Å². The second-order valence-corrected chi connectivity index (χ2v) is 4.56. The number of hydrogen-bond acceptors (Lipinski definition) is 2. The third-order valence-corrected chi connectivity index (χ3v) is 3.13. The Hall–Kier alpha value is -1.83. The number of methoxy groups -OCH3 is 1. The zero-order valence-corrected chi connectivity index (χ0v) is 11.9. The summed E-state index contributed by atoms with van der Waals surface area (Å²) in [5, 5.41) is 0. The van der Waals surface area contributed by atoms with E-state index >= 15 is 0 Å².